The molecular formula is C17H17NO3. The lowest BCUT2D eigenvalue weighted by molar-refractivity contribution is 0.0474. The predicted octanol–water partition coefficient (Wildman–Crippen LogP) is 2.93. The molecule has 0 atom stereocenters. The van der Waals surface area contributed by atoms with Crippen LogP contribution in [0, 0.1) is 13.8 Å². The molecule has 0 saturated heterocycles. The van der Waals surface area contributed by atoms with Crippen LogP contribution in [0.4, 0.5) is 5.69 Å². The van der Waals surface area contributed by atoms with Crippen LogP contribution >= 0.6 is 0 Å². The minimum Gasteiger partial charge on any atom is -0.454 e. The van der Waals surface area contributed by atoms with Crippen LogP contribution in [0.15, 0.2) is 42.5 Å². The van der Waals surface area contributed by atoms with Gasteiger partial charge in [0.2, 0.25) is 5.78 Å². The van der Waals surface area contributed by atoms with Crippen LogP contribution < -0.4 is 5.73 Å². The minimum absolute atomic E-state index is 0.214. The molecular weight excluding hydrogens is 266 g/mol. The van der Waals surface area contributed by atoms with Gasteiger partial charge in [0.25, 0.3) is 0 Å². The third-order valence-corrected chi connectivity index (χ3v) is 3.15. The molecule has 0 aliphatic rings. The average Bonchev–Trinajstić information content (AvgIpc) is 2.47. The maximum atomic E-state index is 12.1. The molecule has 4 nitrogen and oxygen atoms in total. The van der Waals surface area contributed by atoms with Crippen molar-refractivity contribution < 1.29 is 14.3 Å². The number of benzene rings is 2. The van der Waals surface area contributed by atoms with Crippen molar-refractivity contribution in [3.63, 3.8) is 0 Å². The van der Waals surface area contributed by atoms with Crippen LogP contribution in [0.2, 0.25) is 0 Å². The van der Waals surface area contributed by atoms with Crippen molar-refractivity contribution in [1.82, 2.24) is 0 Å². The summed E-state index contributed by atoms with van der Waals surface area (Å²) < 4.78 is 5.05. The molecule has 0 radical (unpaired) electrons. The molecule has 0 aliphatic carbocycles. The summed E-state index contributed by atoms with van der Waals surface area (Å²) >= 11 is 0. The van der Waals surface area contributed by atoms with Crippen LogP contribution in [0.5, 0.6) is 0 Å². The summed E-state index contributed by atoms with van der Waals surface area (Å²) in [5, 5.41) is 0. The summed E-state index contributed by atoms with van der Waals surface area (Å²) in [7, 11) is 0. The number of esters is 1. The molecule has 0 saturated carbocycles. The molecule has 2 aromatic carbocycles. The fourth-order valence-electron chi connectivity index (χ4n) is 1.99. The Bertz CT molecular complexity index is 692. The Kier molecular flexibility index (Phi) is 4.38. The van der Waals surface area contributed by atoms with E-state index in [-0.39, 0.29) is 12.4 Å². The first-order chi connectivity index (χ1) is 9.97. The molecule has 0 unspecified atom stereocenters. The monoisotopic (exact) mass is 283 g/mol. The Morgan fingerprint density at radius 1 is 1.10 bits per heavy atom. The molecule has 2 N–H and O–H groups in total. The van der Waals surface area contributed by atoms with Crippen molar-refractivity contribution in [1.29, 1.82) is 0 Å². The van der Waals surface area contributed by atoms with Gasteiger partial charge in [-0.25, -0.2) is 4.79 Å². The summed E-state index contributed by atoms with van der Waals surface area (Å²) in [6.07, 6.45) is 0. The molecule has 0 aromatic heterocycles. The number of anilines is 1. The minimum atomic E-state index is -0.555. The Labute approximate surface area is 123 Å². The highest BCUT2D eigenvalue weighted by Crippen LogP contribution is 2.13. The van der Waals surface area contributed by atoms with Crippen molar-refractivity contribution in [2.75, 3.05) is 12.3 Å². The SMILES string of the molecule is Cc1ccc(C)c(C(=O)COC(=O)c2cccc(N)c2)c1. The second-order valence-electron chi connectivity index (χ2n) is 4.94. The first-order valence-electron chi connectivity index (χ1n) is 6.60. The number of carbonyl (C=O) groups excluding carboxylic acids is 2. The van der Waals surface area contributed by atoms with Crippen LogP contribution in [0.3, 0.4) is 0 Å². The molecule has 0 amide bonds. The zero-order valence-corrected chi connectivity index (χ0v) is 12.1. The fraction of sp³-hybridized carbons (Fsp3) is 0.176. The second kappa shape index (κ2) is 6.22. The molecule has 2 rings (SSSR count). The quantitative estimate of drug-likeness (QED) is 0.532. The van der Waals surface area contributed by atoms with E-state index in [2.05, 4.69) is 0 Å². The van der Waals surface area contributed by atoms with Crippen LogP contribution in [0.25, 0.3) is 0 Å². The van der Waals surface area contributed by atoms with Gasteiger partial charge in [-0.1, -0.05) is 23.8 Å². The summed E-state index contributed by atoms with van der Waals surface area (Å²) in [5.41, 5.74) is 8.86. The van der Waals surface area contributed by atoms with Gasteiger partial charge >= 0.3 is 5.97 Å². The molecule has 108 valence electrons. The number of ether oxygens (including phenoxy) is 1. The average molecular weight is 283 g/mol. The number of Topliss-reactive ketones (excluding diaryl/α,β-unsaturated/α-hetero) is 1. The van der Waals surface area contributed by atoms with Crippen molar-refractivity contribution in [3.05, 3.63) is 64.7 Å². The molecule has 0 fully saturated rings. The van der Waals surface area contributed by atoms with E-state index in [9.17, 15) is 9.59 Å². The Morgan fingerprint density at radius 3 is 2.57 bits per heavy atom. The van der Waals surface area contributed by atoms with E-state index >= 15 is 0 Å². The van der Waals surface area contributed by atoms with Gasteiger partial charge in [0.15, 0.2) is 6.61 Å². The highest BCUT2D eigenvalue weighted by Gasteiger charge is 2.13. The largest absolute Gasteiger partial charge is 0.454 e. The number of nitrogens with two attached hydrogens (primary N) is 1. The number of aryl methyl sites for hydroxylation is 2. The standard InChI is InChI=1S/C17H17NO3/c1-11-6-7-12(2)15(8-11)16(19)10-21-17(20)13-4-3-5-14(18)9-13/h3-9H,10,18H2,1-2H3. The lowest BCUT2D eigenvalue weighted by atomic mass is 10.0. The fourth-order valence-corrected chi connectivity index (χ4v) is 1.99. The maximum Gasteiger partial charge on any atom is 0.338 e. The Balaban J connectivity index is 2.04. The summed E-state index contributed by atoms with van der Waals surface area (Å²) in [5.74, 6) is -0.769. The van der Waals surface area contributed by atoms with Crippen LogP contribution in [-0.2, 0) is 4.74 Å². The normalized spacial score (nSPS) is 10.2. The lowest BCUT2D eigenvalue weighted by Gasteiger charge is -2.08. The third kappa shape index (κ3) is 3.69. The third-order valence-electron chi connectivity index (χ3n) is 3.15. The molecule has 4 heteroatoms. The van der Waals surface area contributed by atoms with Crippen molar-refractivity contribution in [2.24, 2.45) is 0 Å². The van der Waals surface area contributed by atoms with Gasteiger partial charge < -0.3 is 10.5 Å². The predicted molar refractivity (Wildman–Crippen MR) is 81.4 cm³/mol. The van der Waals surface area contributed by atoms with Gasteiger partial charge in [-0.3, -0.25) is 4.79 Å². The zero-order chi connectivity index (χ0) is 15.4. The summed E-state index contributed by atoms with van der Waals surface area (Å²) in [6, 6.07) is 12.1. The topological polar surface area (TPSA) is 69.4 Å². The van der Waals surface area contributed by atoms with E-state index in [1.54, 1.807) is 24.3 Å². The summed E-state index contributed by atoms with van der Waals surface area (Å²) in [4.78, 5) is 24.0. The van der Waals surface area contributed by atoms with Gasteiger partial charge in [0.05, 0.1) is 5.56 Å². The first-order valence-corrected chi connectivity index (χ1v) is 6.60. The second-order valence-corrected chi connectivity index (χ2v) is 4.94. The van der Waals surface area contributed by atoms with E-state index in [4.69, 9.17) is 10.5 Å². The highest BCUT2D eigenvalue weighted by atomic mass is 16.5. The molecule has 0 aliphatic heterocycles. The number of nitrogen functional groups attached to an aromatic ring is 1. The number of hydrogen-bond acceptors (Lipinski definition) is 4. The number of ketones is 1. The van der Waals surface area contributed by atoms with Gasteiger partial charge in [-0.15, -0.1) is 0 Å². The number of rotatable bonds is 4. The first kappa shape index (κ1) is 14.8. The molecule has 0 heterocycles. The van der Waals surface area contributed by atoms with E-state index in [1.807, 2.05) is 26.0 Å². The van der Waals surface area contributed by atoms with Crippen molar-refractivity contribution in [3.8, 4) is 0 Å². The van der Waals surface area contributed by atoms with E-state index in [0.29, 0.717) is 16.8 Å². The van der Waals surface area contributed by atoms with Gasteiger partial charge in [0.1, 0.15) is 0 Å². The van der Waals surface area contributed by atoms with Gasteiger partial charge in [-0.05, 0) is 43.7 Å². The Morgan fingerprint density at radius 2 is 1.86 bits per heavy atom. The lowest BCUT2D eigenvalue weighted by Crippen LogP contribution is -2.15. The zero-order valence-electron chi connectivity index (χ0n) is 12.1. The van der Waals surface area contributed by atoms with E-state index < -0.39 is 5.97 Å². The van der Waals surface area contributed by atoms with Gasteiger partial charge in [0, 0.05) is 11.3 Å². The molecule has 0 bridgehead atoms. The maximum absolute atomic E-state index is 12.1. The van der Waals surface area contributed by atoms with E-state index in [0.717, 1.165) is 11.1 Å². The summed E-state index contributed by atoms with van der Waals surface area (Å²) in [6.45, 7) is 3.49. The molecule has 0 spiro atoms. The van der Waals surface area contributed by atoms with Crippen molar-refractivity contribution >= 4 is 17.4 Å². The van der Waals surface area contributed by atoms with Crippen molar-refractivity contribution in [2.45, 2.75) is 13.8 Å². The number of carbonyl (C=O) groups is 2. The molecule has 2 aromatic rings. The van der Waals surface area contributed by atoms with Crippen LogP contribution in [0.1, 0.15) is 31.8 Å². The van der Waals surface area contributed by atoms with E-state index in [1.165, 1.54) is 6.07 Å². The smallest absolute Gasteiger partial charge is 0.338 e. The Hall–Kier alpha value is -2.62. The van der Waals surface area contributed by atoms with Gasteiger partial charge in [-0.2, -0.15) is 0 Å². The molecule has 21 heavy (non-hydrogen) atoms. The van der Waals surface area contributed by atoms with Crippen LogP contribution in [-0.4, -0.2) is 18.4 Å². The number of hydrogen-bond donors (Lipinski definition) is 1. The highest BCUT2D eigenvalue weighted by molar-refractivity contribution is 6.00.